The fourth-order valence-electron chi connectivity index (χ4n) is 2.72. The van der Waals surface area contributed by atoms with Crippen molar-refractivity contribution in [3.63, 3.8) is 0 Å². The Morgan fingerprint density at radius 1 is 1.33 bits per heavy atom. The van der Waals surface area contributed by atoms with Crippen molar-refractivity contribution in [2.45, 2.75) is 6.04 Å². The molecule has 0 amide bonds. The Hall–Kier alpha value is -3.12. The van der Waals surface area contributed by atoms with Gasteiger partial charge in [0, 0.05) is 43.7 Å². The van der Waals surface area contributed by atoms with Crippen LogP contribution in [0.25, 0.3) is 0 Å². The molecule has 3 rings (SSSR count). The van der Waals surface area contributed by atoms with Crippen LogP contribution in [-0.4, -0.2) is 47.8 Å². The summed E-state index contributed by atoms with van der Waals surface area (Å²) in [6, 6.07) is 4.28. The number of anilines is 1. The molecule has 2 aliphatic rings. The molecular weight excluding hydrogens is 316 g/mol. The average molecular weight is 332 g/mol. The zero-order chi connectivity index (χ0) is 17.7. The van der Waals surface area contributed by atoms with Crippen molar-refractivity contribution < 1.29 is 24.5 Å². The maximum absolute atomic E-state index is 11.3. The smallest absolute Gasteiger partial charge is 0.328 e. The van der Waals surface area contributed by atoms with Crippen LogP contribution in [0.1, 0.15) is 5.56 Å². The van der Waals surface area contributed by atoms with Gasteiger partial charge in [0.15, 0.2) is 6.20 Å². The molecule has 0 unspecified atom stereocenters. The number of nitrogens with one attached hydrogen (secondary N) is 1. The first-order valence-corrected chi connectivity index (χ1v) is 7.16. The Kier molecular flexibility index (Phi) is 5.34. The van der Waals surface area contributed by atoms with Crippen molar-refractivity contribution in [3.05, 3.63) is 41.4 Å². The van der Waals surface area contributed by atoms with E-state index in [0.29, 0.717) is 34.4 Å². The Labute approximate surface area is 137 Å². The molecule has 1 aromatic rings. The van der Waals surface area contributed by atoms with Crippen molar-refractivity contribution in [1.82, 2.24) is 5.32 Å². The van der Waals surface area contributed by atoms with Gasteiger partial charge in [0.25, 0.3) is 0 Å². The van der Waals surface area contributed by atoms with Crippen molar-refractivity contribution in [2.24, 2.45) is 5.92 Å². The van der Waals surface area contributed by atoms with E-state index in [1.54, 1.807) is 6.07 Å². The molecule has 0 bridgehead atoms. The molecule has 0 spiro atoms. The number of nitriles is 1. The lowest BCUT2D eigenvalue weighted by atomic mass is 9.91. The van der Waals surface area contributed by atoms with Crippen LogP contribution in [0.3, 0.4) is 0 Å². The molecule has 0 aliphatic carbocycles. The summed E-state index contributed by atoms with van der Waals surface area (Å²) in [5, 5.41) is 39.1. The summed E-state index contributed by atoms with van der Waals surface area (Å²) >= 11 is 0. The first-order valence-electron chi connectivity index (χ1n) is 7.16. The van der Waals surface area contributed by atoms with Gasteiger partial charge in [-0.15, -0.1) is 0 Å². The van der Waals surface area contributed by atoms with Crippen LogP contribution >= 0.6 is 0 Å². The van der Waals surface area contributed by atoms with E-state index in [0.717, 1.165) is 25.3 Å². The van der Waals surface area contributed by atoms with Gasteiger partial charge in [0.05, 0.1) is 0 Å². The maximum Gasteiger partial charge on any atom is 0.328 e. The minimum Gasteiger partial charge on any atom is -0.619 e. The predicted octanol–water partition coefficient (Wildman–Crippen LogP) is -0.689. The molecule has 0 aromatic carbocycles. The average Bonchev–Trinajstić information content (AvgIpc) is 2.86. The summed E-state index contributed by atoms with van der Waals surface area (Å²) < 4.78 is 0.712. The van der Waals surface area contributed by atoms with E-state index in [9.17, 15) is 14.8 Å². The van der Waals surface area contributed by atoms with Crippen LogP contribution in [0.2, 0.25) is 0 Å². The van der Waals surface area contributed by atoms with Crippen LogP contribution in [0.4, 0.5) is 5.69 Å². The number of carboxylic acid groups (broad SMARTS) is 2. The number of carboxylic acids is 2. The van der Waals surface area contributed by atoms with E-state index in [4.69, 9.17) is 15.5 Å². The maximum atomic E-state index is 11.3. The molecule has 3 heterocycles. The van der Waals surface area contributed by atoms with Crippen LogP contribution in [0.5, 0.6) is 0 Å². The molecule has 9 nitrogen and oxygen atoms in total. The second-order valence-corrected chi connectivity index (χ2v) is 5.40. The topological polar surface area (TPSA) is 141 Å². The molecule has 1 aromatic heterocycles. The minimum absolute atomic E-state index is 0.418. The second kappa shape index (κ2) is 7.43. The number of hydrogen-bond acceptors (Lipinski definition) is 6. The third kappa shape index (κ3) is 4.21. The van der Waals surface area contributed by atoms with Crippen molar-refractivity contribution in [1.29, 1.82) is 5.26 Å². The van der Waals surface area contributed by atoms with E-state index >= 15 is 0 Å². The molecule has 2 aliphatic heterocycles. The van der Waals surface area contributed by atoms with Crippen molar-refractivity contribution in [2.75, 3.05) is 24.5 Å². The summed E-state index contributed by atoms with van der Waals surface area (Å²) in [6.45, 7) is 3.02. The van der Waals surface area contributed by atoms with Gasteiger partial charge in [-0.1, -0.05) is 0 Å². The third-order valence-corrected chi connectivity index (χ3v) is 3.79. The Bertz CT molecular complexity index is 696. The SMILES string of the molecule is N#Cc1cc(N2C[C@H]3CNC[C@H]32)c[n+]([O-])c1.O=C(O)/C=C/C(=O)O. The first kappa shape index (κ1) is 17.2. The van der Waals surface area contributed by atoms with Gasteiger partial charge < -0.3 is 25.6 Å². The van der Waals surface area contributed by atoms with Crippen LogP contribution in [0.15, 0.2) is 30.6 Å². The van der Waals surface area contributed by atoms with Crippen LogP contribution < -0.4 is 14.9 Å². The fourth-order valence-corrected chi connectivity index (χ4v) is 2.72. The number of aliphatic carboxylic acids is 2. The van der Waals surface area contributed by atoms with E-state index < -0.39 is 11.9 Å². The lowest BCUT2D eigenvalue weighted by Crippen LogP contribution is -2.56. The summed E-state index contributed by atoms with van der Waals surface area (Å²) in [7, 11) is 0. The first-order chi connectivity index (χ1) is 11.4. The predicted molar refractivity (Wildman–Crippen MR) is 82.0 cm³/mol. The summed E-state index contributed by atoms with van der Waals surface area (Å²) in [5.74, 6) is -1.81. The quantitative estimate of drug-likeness (QED) is 0.375. The molecule has 0 saturated carbocycles. The van der Waals surface area contributed by atoms with E-state index in [1.165, 1.54) is 12.4 Å². The number of aromatic nitrogens is 1. The molecule has 24 heavy (non-hydrogen) atoms. The van der Waals surface area contributed by atoms with Crippen molar-refractivity contribution >= 4 is 17.6 Å². The fraction of sp³-hybridized carbons (Fsp3) is 0.333. The number of nitrogens with zero attached hydrogens (tertiary/aromatic N) is 3. The lowest BCUT2D eigenvalue weighted by Gasteiger charge is -2.44. The highest BCUT2D eigenvalue weighted by Gasteiger charge is 2.42. The van der Waals surface area contributed by atoms with E-state index in [2.05, 4.69) is 10.2 Å². The zero-order valence-electron chi connectivity index (χ0n) is 12.6. The molecule has 2 atom stereocenters. The largest absolute Gasteiger partial charge is 0.619 e. The number of hydrogen-bond donors (Lipinski definition) is 3. The van der Waals surface area contributed by atoms with Gasteiger partial charge in [-0.25, -0.2) is 9.59 Å². The number of fused-ring (bicyclic) bond motifs is 1. The second-order valence-electron chi connectivity index (χ2n) is 5.40. The van der Waals surface area contributed by atoms with Crippen molar-refractivity contribution in [3.8, 4) is 6.07 Å². The molecule has 3 N–H and O–H groups in total. The number of carbonyl (C=O) groups is 2. The van der Waals surface area contributed by atoms with Gasteiger partial charge in [0.2, 0.25) is 6.20 Å². The highest BCUT2D eigenvalue weighted by Crippen LogP contribution is 2.32. The lowest BCUT2D eigenvalue weighted by molar-refractivity contribution is -0.604. The van der Waals surface area contributed by atoms with Gasteiger partial charge >= 0.3 is 11.9 Å². The summed E-state index contributed by atoms with van der Waals surface area (Å²) in [6.07, 6.45) is 3.95. The van der Waals surface area contributed by atoms with Gasteiger partial charge in [-0.3, -0.25) is 0 Å². The highest BCUT2D eigenvalue weighted by atomic mass is 16.5. The Morgan fingerprint density at radius 3 is 2.54 bits per heavy atom. The molecule has 2 fully saturated rings. The standard InChI is InChI=1S/C11H12N4O.C4H4O4/c12-2-8-1-10(7-14(16)5-8)15-6-9-3-13-4-11(9)15;5-3(6)1-2-4(7)8/h1,5,7,9,11,13H,3-4,6H2;1-2H,(H,5,6)(H,7,8)/b;2-1+/t9-,11-;/m1./s1. The zero-order valence-corrected chi connectivity index (χ0v) is 12.6. The highest BCUT2D eigenvalue weighted by molar-refractivity contribution is 5.89. The van der Waals surface area contributed by atoms with E-state index in [-0.39, 0.29) is 0 Å². The molecule has 126 valence electrons. The van der Waals surface area contributed by atoms with Crippen LogP contribution in [0, 0.1) is 22.5 Å². The Morgan fingerprint density at radius 2 is 2.00 bits per heavy atom. The molecule has 2 saturated heterocycles. The number of rotatable bonds is 3. The minimum atomic E-state index is -1.26. The van der Waals surface area contributed by atoms with Gasteiger partial charge in [-0.2, -0.15) is 9.99 Å². The molecular formula is C15H16N4O5. The normalized spacial score (nSPS) is 21.2. The Balaban J connectivity index is 0.000000224. The summed E-state index contributed by atoms with van der Waals surface area (Å²) in [5.41, 5.74) is 1.28. The third-order valence-electron chi connectivity index (χ3n) is 3.79. The molecule has 0 radical (unpaired) electrons. The van der Waals surface area contributed by atoms with Gasteiger partial charge in [0.1, 0.15) is 17.3 Å². The number of pyridine rings is 1. The summed E-state index contributed by atoms with van der Waals surface area (Å²) in [4.78, 5) is 21.3. The monoisotopic (exact) mass is 332 g/mol. The van der Waals surface area contributed by atoms with Gasteiger partial charge in [-0.05, 0) is 6.07 Å². The van der Waals surface area contributed by atoms with Crippen LogP contribution in [-0.2, 0) is 9.59 Å². The molecule has 9 heteroatoms. The van der Waals surface area contributed by atoms with E-state index in [1.807, 2.05) is 6.07 Å².